The van der Waals surface area contributed by atoms with Crippen molar-refractivity contribution in [1.29, 1.82) is 0 Å². The lowest BCUT2D eigenvalue weighted by molar-refractivity contribution is -0.146. The van der Waals surface area contributed by atoms with Crippen LogP contribution in [-0.4, -0.2) is 50.6 Å². The molecule has 0 unspecified atom stereocenters. The number of fused-ring (bicyclic) bond motifs is 4. The summed E-state index contributed by atoms with van der Waals surface area (Å²) in [6.07, 6.45) is 1.78. The maximum atomic E-state index is 12.2. The molecule has 0 aliphatic carbocycles. The molecular formula is C16H16N4O4. The molecule has 0 spiro atoms. The number of benzene rings is 1. The highest BCUT2D eigenvalue weighted by Crippen LogP contribution is 2.42. The van der Waals surface area contributed by atoms with Gasteiger partial charge in [0.1, 0.15) is 11.7 Å². The second-order valence-corrected chi connectivity index (χ2v) is 5.87. The summed E-state index contributed by atoms with van der Waals surface area (Å²) in [6, 6.07) is 7.73. The molecule has 0 radical (unpaired) electrons. The zero-order valence-corrected chi connectivity index (χ0v) is 13.0. The highest BCUT2D eigenvalue weighted by molar-refractivity contribution is 5.87. The molecule has 8 heteroatoms. The van der Waals surface area contributed by atoms with Gasteiger partial charge in [0.25, 0.3) is 0 Å². The minimum atomic E-state index is -0.928. The minimum absolute atomic E-state index is 0.235. The number of hydrogen-bond donors (Lipinski definition) is 1. The molecule has 124 valence electrons. The third-order valence-corrected chi connectivity index (χ3v) is 4.47. The lowest BCUT2D eigenvalue weighted by Gasteiger charge is -2.27. The third kappa shape index (κ3) is 2.07. The summed E-state index contributed by atoms with van der Waals surface area (Å²) < 4.78 is 6.54. The molecule has 2 aliphatic heterocycles. The van der Waals surface area contributed by atoms with Gasteiger partial charge in [0.2, 0.25) is 0 Å². The maximum absolute atomic E-state index is 12.2. The number of amides is 2. The molecule has 1 aromatic carbocycles. The van der Waals surface area contributed by atoms with Gasteiger partial charge in [-0.1, -0.05) is 30.3 Å². The molecular weight excluding hydrogens is 312 g/mol. The van der Waals surface area contributed by atoms with E-state index in [9.17, 15) is 14.8 Å². The van der Waals surface area contributed by atoms with Crippen LogP contribution in [0.5, 0.6) is 0 Å². The fourth-order valence-corrected chi connectivity index (χ4v) is 3.32. The highest BCUT2D eigenvalue weighted by atomic mass is 16.5. The van der Waals surface area contributed by atoms with Crippen LogP contribution in [0.2, 0.25) is 0 Å². The Labute approximate surface area is 137 Å². The van der Waals surface area contributed by atoms with Crippen LogP contribution in [0.25, 0.3) is 0 Å². The topological polar surface area (TPSA) is 87.9 Å². The van der Waals surface area contributed by atoms with E-state index in [1.807, 2.05) is 30.3 Å². The van der Waals surface area contributed by atoms with Gasteiger partial charge in [-0.15, -0.1) is 0 Å². The molecule has 3 heterocycles. The normalized spacial score (nSPS) is 21.8. The first kappa shape index (κ1) is 14.7. The van der Waals surface area contributed by atoms with Gasteiger partial charge in [-0.05, 0) is 5.56 Å². The van der Waals surface area contributed by atoms with Gasteiger partial charge in [0, 0.05) is 11.8 Å². The first-order valence-corrected chi connectivity index (χ1v) is 7.58. The SMILES string of the molecule is COC(=O)[C@@H]1c2nn(Cc3ccccc3)cc2[C@H]2CN1C(=O)N2O. The molecule has 2 bridgehead atoms. The van der Waals surface area contributed by atoms with Crippen LogP contribution in [0.4, 0.5) is 4.79 Å². The highest BCUT2D eigenvalue weighted by Gasteiger charge is 2.52. The first-order chi connectivity index (χ1) is 11.6. The number of rotatable bonds is 3. The molecule has 0 saturated carbocycles. The molecule has 2 atom stereocenters. The summed E-state index contributed by atoms with van der Waals surface area (Å²) in [5.41, 5.74) is 2.19. The van der Waals surface area contributed by atoms with Crippen LogP contribution in [0, 0.1) is 0 Å². The Morgan fingerprint density at radius 2 is 2.12 bits per heavy atom. The number of aromatic nitrogens is 2. The Morgan fingerprint density at radius 1 is 1.38 bits per heavy atom. The average molecular weight is 328 g/mol. The summed E-state index contributed by atoms with van der Waals surface area (Å²) in [5, 5.41) is 15.2. The largest absolute Gasteiger partial charge is 0.467 e. The summed E-state index contributed by atoms with van der Waals surface area (Å²) in [6.45, 7) is 0.771. The number of carbonyl (C=O) groups excluding carboxylic acids is 2. The van der Waals surface area contributed by atoms with Gasteiger partial charge in [0.05, 0.1) is 20.2 Å². The maximum Gasteiger partial charge on any atom is 0.345 e. The Hall–Kier alpha value is -2.87. The fraction of sp³-hybridized carbons (Fsp3) is 0.312. The molecule has 1 N–H and O–H groups in total. The van der Waals surface area contributed by atoms with Crippen LogP contribution < -0.4 is 0 Å². The second kappa shape index (κ2) is 5.34. The van der Waals surface area contributed by atoms with E-state index in [4.69, 9.17) is 4.74 Å². The quantitative estimate of drug-likeness (QED) is 0.678. The van der Waals surface area contributed by atoms with Gasteiger partial charge in [-0.3, -0.25) is 9.89 Å². The third-order valence-electron chi connectivity index (χ3n) is 4.47. The molecule has 2 aromatic rings. The smallest absolute Gasteiger partial charge is 0.345 e. The van der Waals surface area contributed by atoms with Gasteiger partial charge in [-0.25, -0.2) is 9.59 Å². The molecule has 2 amide bonds. The Kier molecular flexibility index (Phi) is 3.27. The molecule has 1 saturated heterocycles. The molecule has 24 heavy (non-hydrogen) atoms. The average Bonchev–Trinajstić information content (AvgIpc) is 3.12. The lowest BCUT2D eigenvalue weighted by Crippen LogP contribution is -2.39. The first-order valence-electron chi connectivity index (χ1n) is 7.58. The number of methoxy groups -OCH3 is 1. The van der Waals surface area contributed by atoms with Crippen LogP contribution >= 0.6 is 0 Å². The molecule has 4 rings (SSSR count). The van der Waals surface area contributed by atoms with E-state index in [0.29, 0.717) is 22.9 Å². The zero-order chi connectivity index (χ0) is 16.8. The summed E-state index contributed by atoms with van der Waals surface area (Å²) in [7, 11) is 1.27. The van der Waals surface area contributed by atoms with E-state index >= 15 is 0 Å². The molecule has 1 fully saturated rings. The van der Waals surface area contributed by atoms with Crippen LogP contribution in [0.3, 0.4) is 0 Å². The lowest BCUT2D eigenvalue weighted by atomic mass is 9.98. The van der Waals surface area contributed by atoms with Gasteiger partial charge in [-0.2, -0.15) is 10.2 Å². The number of carbonyl (C=O) groups is 2. The van der Waals surface area contributed by atoms with Crippen LogP contribution in [-0.2, 0) is 16.1 Å². The summed E-state index contributed by atoms with van der Waals surface area (Å²) >= 11 is 0. The number of nitrogens with zero attached hydrogens (tertiary/aromatic N) is 4. The van der Waals surface area contributed by atoms with Crippen molar-refractivity contribution in [3.05, 3.63) is 53.3 Å². The Morgan fingerprint density at radius 3 is 2.83 bits per heavy atom. The van der Waals surface area contributed by atoms with Crippen molar-refractivity contribution in [1.82, 2.24) is 19.7 Å². The van der Waals surface area contributed by atoms with E-state index in [1.54, 1.807) is 10.9 Å². The van der Waals surface area contributed by atoms with Crippen molar-refractivity contribution >= 4 is 12.0 Å². The monoisotopic (exact) mass is 328 g/mol. The van der Waals surface area contributed by atoms with E-state index in [0.717, 1.165) is 5.56 Å². The van der Waals surface area contributed by atoms with E-state index in [-0.39, 0.29) is 6.54 Å². The van der Waals surface area contributed by atoms with Gasteiger partial charge >= 0.3 is 12.0 Å². The predicted molar refractivity (Wildman–Crippen MR) is 81.0 cm³/mol. The Balaban J connectivity index is 1.74. The van der Waals surface area contributed by atoms with E-state index < -0.39 is 24.1 Å². The van der Waals surface area contributed by atoms with Crippen molar-refractivity contribution in [2.24, 2.45) is 0 Å². The van der Waals surface area contributed by atoms with Crippen LogP contribution in [0.1, 0.15) is 28.9 Å². The van der Waals surface area contributed by atoms with Crippen molar-refractivity contribution < 1.29 is 19.5 Å². The van der Waals surface area contributed by atoms with Crippen molar-refractivity contribution in [2.75, 3.05) is 13.7 Å². The second-order valence-electron chi connectivity index (χ2n) is 5.87. The minimum Gasteiger partial charge on any atom is -0.467 e. The van der Waals surface area contributed by atoms with Crippen molar-refractivity contribution in [3.63, 3.8) is 0 Å². The summed E-state index contributed by atoms with van der Waals surface area (Å²) in [4.78, 5) is 25.6. The van der Waals surface area contributed by atoms with Crippen LogP contribution in [0.15, 0.2) is 36.5 Å². The number of esters is 1. The van der Waals surface area contributed by atoms with Gasteiger partial charge in [0.15, 0.2) is 6.04 Å². The van der Waals surface area contributed by atoms with Crippen molar-refractivity contribution in [2.45, 2.75) is 18.6 Å². The standard InChI is InChI=1S/C16H16N4O4/c1-24-15(21)14-13-11(12-9-19(14)16(22)20(12)23)8-18(17-13)7-10-5-3-2-4-6-10/h2-6,8,12,14,23H,7,9H2,1H3/t12-,14+/m1/s1. The summed E-state index contributed by atoms with van der Waals surface area (Å²) in [5.74, 6) is -0.566. The predicted octanol–water partition coefficient (Wildman–Crippen LogP) is 1.33. The molecule has 8 nitrogen and oxygen atoms in total. The van der Waals surface area contributed by atoms with E-state index in [1.165, 1.54) is 12.0 Å². The number of hydroxylamine groups is 2. The van der Waals surface area contributed by atoms with Crippen molar-refractivity contribution in [3.8, 4) is 0 Å². The zero-order valence-electron chi connectivity index (χ0n) is 13.0. The number of ether oxygens (including phenoxy) is 1. The fourth-order valence-electron chi connectivity index (χ4n) is 3.32. The molecule has 1 aromatic heterocycles. The van der Waals surface area contributed by atoms with Gasteiger partial charge < -0.3 is 9.64 Å². The number of urea groups is 1. The van der Waals surface area contributed by atoms with E-state index in [2.05, 4.69) is 5.10 Å². The molecule has 2 aliphatic rings. The Bertz CT molecular complexity index is 804. The number of hydrogen-bond acceptors (Lipinski definition) is 5.